The molecule has 2 spiro atoms. The summed E-state index contributed by atoms with van der Waals surface area (Å²) >= 11 is 0. The Morgan fingerprint density at radius 1 is 1.12 bits per heavy atom. The van der Waals surface area contributed by atoms with Gasteiger partial charge in [0.2, 0.25) is 5.91 Å². The van der Waals surface area contributed by atoms with Gasteiger partial charge in [-0.3, -0.25) is 9.69 Å². The summed E-state index contributed by atoms with van der Waals surface area (Å²) in [5.74, 6) is 0.237. The van der Waals surface area contributed by atoms with Gasteiger partial charge in [-0.25, -0.2) is 0 Å². The average molecular weight is 389 g/mol. The lowest BCUT2D eigenvalue weighted by Crippen LogP contribution is -2.54. The molecular formula is C17H32N4O4S. The molecule has 0 N–H and O–H groups in total. The van der Waals surface area contributed by atoms with E-state index in [2.05, 4.69) is 4.90 Å². The zero-order valence-corrected chi connectivity index (χ0v) is 17.2. The van der Waals surface area contributed by atoms with Crippen molar-refractivity contribution in [2.24, 2.45) is 10.8 Å². The summed E-state index contributed by atoms with van der Waals surface area (Å²) in [6.45, 7) is 4.84. The summed E-state index contributed by atoms with van der Waals surface area (Å²) < 4.78 is 33.0. The number of piperidine rings is 1. The van der Waals surface area contributed by atoms with Crippen LogP contribution >= 0.6 is 0 Å². The highest BCUT2D eigenvalue weighted by molar-refractivity contribution is 7.86. The van der Waals surface area contributed by atoms with Crippen molar-refractivity contribution in [1.29, 1.82) is 0 Å². The van der Waals surface area contributed by atoms with Crippen molar-refractivity contribution in [1.82, 2.24) is 18.4 Å². The first kappa shape index (κ1) is 20.0. The van der Waals surface area contributed by atoms with Crippen molar-refractivity contribution in [2.45, 2.75) is 19.3 Å². The van der Waals surface area contributed by atoms with Gasteiger partial charge in [0.05, 0.1) is 12.0 Å². The van der Waals surface area contributed by atoms with E-state index in [4.69, 9.17) is 4.74 Å². The second-order valence-corrected chi connectivity index (χ2v) is 10.4. The van der Waals surface area contributed by atoms with Gasteiger partial charge in [0.1, 0.15) is 0 Å². The Labute approximate surface area is 157 Å². The highest BCUT2D eigenvalue weighted by Crippen LogP contribution is 2.57. The number of carbonyl (C=O) groups excluding carboxylic acids is 1. The van der Waals surface area contributed by atoms with E-state index in [-0.39, 0.29) is 16.7 Å². The fraction of sp³-hybridized carbons (Fsp3) is 0.941. The fourth-order valence-corrected chi connectivity index (χ4v) is 6.25. The number of rotatable bonds is 5. The lowest BCUT2D eigenvalue weighted by molar-refractivity contribution is -0.140. The SMILES string of the molecule is COCCN1CC2(CCN(S(=O)(=O)N(C)C)CC2)C2(CCN(C)C2=O)C1. The molecule has 0 aromatic heterocycles. The van der Waals surface area contributed by atoms with Gasteiger partial charge in [-0.05, 0) is 19.3 Å². The molecule has 3 fully saturated rings. The summed E-state index contributed by atoms with van der Waals surface area (Å²) in [5, 5.41) is 0. The van der Waals surface area contributed by atoms with Crippen molar-refractivity contribution in [3.8, 4) is 0 Å². The monoisotopic (exact) mass is 388 g/mol. The molecule has 9 heteroatoms. The van der Waals surface area contributed by atoms with Crippen LogP contribution in [-0.4, -0.2) is 107 Å². The number of likely N-dealkylation sites (tertiary alicyclic amines) is 2. The third-order valence-corrected chi connectivity index (χ3v) is 8.68. The van der Waals surface area contributed by atoms with E-state index in [0.29, 0.717) is 19.7 Å². The Morgan fingerprint density at radius 3 is 2.27 bits per heavy atom. The number of hydrogen-bond acceptors (Lipinski definition) is 5. The van der Waals surface area contributed by atoms with Gasteiger partial charge < -0.3 is 9.64 Å². The molecule has 0 aromatic rings. The molecule has 0 aromatic carbocycles. The van der Waals surface area contributed by atoms with E-state index < -0.39 is 10.2 Å². The van der Waals surface area contributed by atoms with Crippen molar-refractivity contribution in [3.63, 3.8) is 0 Å². The van der Waals surface area contributed by atoms with Crippen LogP contribution in [0.3, 0.4) is 0 Å². The van der Waals surface area contributed by atoms with Crippen molar-refractivity contribution >= 4 is 16.1 Å². The predicted molar refractivity (Wildman–Crippen MR) is 98.8 cm³/mol. The molecular weight excluding hydrogens is 356 g/mol. The maximum atomic E-state index is 13.1. The second-order valence-electron chi connectivity index (χ2n) is 8.23. The normalized spacial score (nSPS) is 30.3. The Bertz CT molecular complexity index is 645. The number of hydrogen-bond donors (Lipinski definition) is 0. The maximum Gasteiger partial charge on any atom is 0.281 e. The van der Waals surface area contributed by atoms with E-state index in [1.165, 1.54) is 4.31 Å². The van der Waals surface area contributed by atoms with Crippen LogP contribution in [0.4, 0.5) is 0 Å². The second kappa shape index (κ2) is 7.01. The summed E-state index contributed by atoms with van der Waals surface area (Å²) in [6.07, 6.45) is 2.35. The lowest BCUT2D eigenvalue weighted by atomic mass is 9.60. The Kier molecular flexibility index (Phi) is 5.40. The molecule has 26 heavy (non-hydrogen) atoms. The number of ether oxygens (including phenoxy) is 1. The molecule has 8 nitrogen and oxygen atoms in total. The van der Waals surface area contributed by atoms with Crippen LogP contribution in [0.1, 0.15) is 19.3 Å². The fourth-order valence-electron chi connectivity index (χ4n) is 5.15. The molecule has 3 saturated heterocycles. The van der Waals surface area contributed by atoms with E-state index in [9.17, 15) is 13.2 Å². The van der Waals surface area contributed by atoms with Crippen LogP contribution < -0.4 is 0 Å². The third kappa shape index (κ3) is 2.97. The summed E-state index contributed by atoms with van der Waals surface area (Å²) in [5.41, 5.74) is -0.510. The minimum absolute atomic E-state index is 0.138. The molecule has 1 unspecified atom stereocenters. The van der Waals surface area contributed by atoms with Crippen LogP contribution in [0.2, 0.25) is 0 Å². The highest BCUT2D eigenvalue weighted by atomic mass is 32.2. The topological polar surface area (TPSA) is 73.4 Å². The number of nitrogens with zero attached hydrogens (tertiary/aromatic N) is 4. The Balaban J connectivity index is 1.84. The molecule has 1 atom stereocenters. The molecule has 3 aliphatic heterocycles. The lowest BCUT2D eigenvalue weighted by Gasteiger charge is -2.46. The number of amides is 1. The standard InChI is InChI=1S/C17H32N4O4S/c1-18(2)26(23,24)21-9-5-16(6-10-21)13-20(11-12-25-4)14-17(16)7-8-19(3)15(17)22/h5-14H2,1-4H3. The largest absolute Gasteiger partial charge is 0.383 e. The molecule has 0 radical (unpaired) electrons. The van der Waals surface area contributed by atoms with E-state index in [1.807, 2.05) is 11.9 Å². The first-order chi connectivity index (χ1) is 12.2. The smallest absolute Gasteiger partial charge is 0.281 e. The molecule has 3 heterocycles. The van der Waals surface area contributed by atoms with Gasteiger partial charge in [0.15, 0.2) is 0 Å². The highest BCUT2D eigenvalue weighted by Gasteiger charge is 2.64. The number of carbonyl (C=O) groups is 1. The molecule has 1 amide bonds. The summed E-state index contributed by atoms with van der Waals surface area (Å²) in [4.78, 5) is 17.3. The number of methoxy groups -OCH3 is 1. The van der Waals surface area contributed by atoms with Crippen LogP contribution in [0.15, 0.2) is 0 Å². The summed E-state index contributed by atoms with van der Waals surface area (Å²) in [7, 11) is 3.32. The van der Waals surface area contributed by atoms with Crippen LogP contribution in [-0.2, 0) is 19.7 Å². The van der Waals surface area contributed by atoms with Crippen molar-refractivity contribution in [2.75, 3.05) is 74.1 Å². The zero-order chi connectivity index (χ0) is 19.2. The quantitative estimate of drug-likeness (QED) is 0.646. The zero-order valence-electron chi connectivity index (χ0n) is 16.4. The van der Waals surface area contributed by atoms with Crippen molar-refractivity contribution < 1.29 is 17.9 Å². The van der Waals surface area contributed by atoms with E-state index in [1.54, 1.807) is 25.5 Å². The first-order valence-corrected chi connectivity index (χ1v) is 10.7. The van der Waals surface area contributed by atoms with E-state index in [0.717, 1.165) is 45.4 Å². The van der Waals surface area contributed by atoms with Gasteiger partial charge in [0.25, 0.3) is 10.2 Å². The van der Waals surface area contributed by atoms with Gasteiger partial charge in [0, 0.05) is 72.9 Å². The Morgan fingerprint density at radius 2 is 1.77 bits per heavy atom. The van der Waals surface area contributed by atoms with Crippen LogP contribution in [0.25, 0.3) is 0 Å². The molecule has 3 rings (SSSR count). The van der Waals surface area contributed by atoms with Gasteiger partial charge in [-0.1, -0.05) is 0 Å². The molecule has 150 valence electrons. The minimum Gasteiger partial charge on any atom is -0.383 e. The van der Waals surface area contributed by atoms with Crippen LogP contribution in [0.5, 0.6) is 0 Å². The van der Waals surface area contributed by atoms with Crippen LogP contribution in [0, 0.1) is 10.8 Å². The summed E-state index contributed by atoms with van der Waals surface area (Å²) in [6, 6.07) is 0. The average Bonchev–Trinajstić information content (AvgIpc) is 3.06. The Hall–Kier alpha value is -0.740. The first-order valence-electron chi connectivity index (χ1n) is 9.33. The molecule has 3 aliphatic rings. The predicted octanol–water partition coefficient (Wildman–Crippen LogP) is -0.314. The van der Waals surface area contributed by atoms with Gasteiger partial charge >= 0.3 is 0 Å². The molecule has 0 bridgehead atoms. The van der Waals surface area contributed by atoms with E-state index >= 15 is 0 Å². The van der Waals surface area contributed by atoms with Gasteiger partial charge in [-0.15, -0.1) is 0 Å². The third-order valence-electron chi connectivity index (χ3n) is 6.74. The molecule has 0 saturated carbocycles. The molecule has 0 aliphatic carbocycles. The minimum atomic E-state index is -3.40. The van der Waals surface area contributed by atoms with Gasteiger partial charge in [-0.2, -0.15) is 17.0 Å². The van der Waals surface area contributed by atoms with Crippen molar-refractivity contribution in [3.05, 3.63) is 0 Å². The maximum absolute atomic E-state index is 13.1. The number of fused-ring (bicyclic) bond motifs is 1.